The Morgan fingerprint density at radius 3 is 2.60 bits per heavy atom. The molecule has 1 aromatic heterocycles. The van der Waals surface area contributed by atoms with Gasteiger partial charge < -0.3 is 5.32 Å². The number of nitrogens with zero attached hydrogens (tertiary/aromatic N) is 4. The van der Waals surface area contributed by atoms with Crippen molar-refractivity contribution in [2.24, 2.45) is 7.05 Å². The second kappa shape index (κ2) is 7.40. The van der Waals surface area contributed by atoms with E-state index < -0.39 is 0 Å². The highest BCUT2D eigenvalue weighted by Gasteiger charge is 2.14. The van der Waals surface area contributed by atoms with Gasteiger partial charge in [-0.15, -0.1) is 22.0 Å². The highest BCUT2D eigenvalue weighted by Crippen LogP contribution is 2.21. The lowest BCUT2D eigenvalue weighted by atomic mass is 10.0. The average molecular weight is 291 g/mol. The van der Waals surface area contributed by atoms with E-state index in [4.69, 9.17) is 0 Å². The largest absolute Gasteiger partial charge is 0.310 e. The first-order valence-corrected chi connectivity index (χ1v) is 8.05. The van der Waals surface area contributed by atoms with Gasteiger partial charge in [0.2, 0.25) is 0 Å². The highest BCUT2D eigenvalue weighted by molar-refractivity contribution is 7.98. The summed E-state index contributed by atoms with van der Waals surface area (Å²) < 4.78 is 0. The van der Waals surface area contributed by atoms with E-state index in [0.717, 1.165) is 25.2 Å². The summed E-state index contributed by atoms with van der Waals surface area (Å²) in [7, 11) is 1.79. The quantitative estimate of drug-likeness (QED) is 0.793. The van der Waals surface area contributed by atoms with Crippen molar-refractivity contribution in [2.45, 2.75) is 30.7 Å². The van der Waals surface area contributed by atoms with Gasteiger partial charge >= 0.3 is 0 Å². The maximum absolute atomic E-state index is 4.27. The topological polar surface area (TPSA) is 55.6 Å². The minimum Gasteiger partial charge on any atom is -0.310 e. The first-order valence-electron chi connectivity index (χ1n) is 6.83. The van der Waals surface area contributed by atoms with Crippen molar-refractivity contribution in [3.8, 4) is 0 Å². The molecule has 0 saturated carbocycles. The van der Waals surface area contributed by atoms with Gasteiger partial charge in [-0.25, -0.2) is 0 Å². The zero-order chi connectivity index (χ0) is 14.4. The number of benzene rings is 1. The van der Waals surface area contributed by atoms with Crippen LogP contribution in [-0.2, 0) is 13.5 Å². The predicted octanol–water partition coefficient (Wildman–Crippen LogP) is 2.22. The van der Waals surface area contributed by atoms with E-state index in [-0.39, 0.29) is 6.04 Å². The molecule has 1 atom stereocenters. The number of aryl methyl sites for hydroxylation is 1. The zero-order valence-corrected chi connectivity index (χ0v) is 13.0. The number of rotatable bonds is 7. The molecule has 0 fully saturated rings. The molecule has 0 spiro atoms. The molecule has 20 heavy (non-hydrogen) atoms. The number of thioether (sulfide) groups is 1. The third kappa shape index (κ3) is 4.05. The molecule has 2 rings (SSSR count). The van der Waals surface area contributed by atoms with Gasteiger partial charge in [0.05, 0.1) is 7.05 Å². The van der Waals surface area contributed by atoms with E-state index >= 15 is 0 Å². The molecule has 5 nitrogen and oxygen atoms in total. The number of hydrogen-bond acceptors (Lipinski definition) is 5. The Labute approximate surface area is 124 Å². The van der Waals surface area contributed by atoms with E-state index in [2.05, 4.69) is 58.2 Å². The fourth-order valence-electron chi connectivity index (χ4n) is 2.05. The number of hydrogen-bond donors (Lipinski definition) is 1. The molecule has 0 bridgehead atoms. The maximum atomic E-state index is 4.27. The fourth-order valence-corrected chi connectivity index (χ4v) is 2.46. The van der Waals surface area contributed by atoms with Crippen LogP contribution in [0.25, 0.3) is 0 Å². The summed E-state index contributed by atoms with van der Waals surface area (Å²) in [6.07, 6.45) is 3.95. The molecule has 108 valence electrons. The van der Waals surface area contributed by atoms with E-state index in [9.17, 15) is 0 Å². The van der Waals surface area contributed by atoms with E-state index in [1.165, 1.54) is 15.3 Å². The number of nitrogens with one attached hydrogen (secondary N) is 1. The summed E-state index contributed by atoms with van der Waals surface area (Å²) in [5.41, 5.74) is 1.27. The van der Waals surface area contributed by atoms with Gasteiger partial charge in [-0.05, 0) is 42.1 Å². The lowest BCUT2D eigenvalue weighted by Gasteiger charge is -2.17. The molecular formula is C14H21N5S. The third-order valence-corrected chi connectivity index (χ3v) is 3.84. The van der Waals surface area contributed by atoms with Gasteiger partial charge in [0, 0.05) is 17.4 Å². The summed E-state index contributed by atoms with van der Waals surface area (Å²) >= 11 is 1.76. The van der Waals surface area contributed by atoms with Crippen LogP contribution in [0.2, 0.25) is 0 Å². The molecule has 1 heterocycles. The van der Waals surface area contributed by atoms with Crippen LogP contribution in [0.15, 0.2) is 29.2 Å². The van der Waals surface area contributed by atoms with Crippen LogP contribution >= 0.6 is 11.8 Å². The highest BCUT2D eigenvalue weighted by atomic mass is 32.2. The fraction of sp³-hybridized carbons (Fsp3) is 0.500. The van der Waals surface area contributed by atoms with Gasteiger partial charge in [-0.2, -0.15) is 4.80 Å². The lowest BCUT2D eigenvalue weighted by Crippen LogP contribution is -2.24. The first-order chi connectivity index (χ1) is 9.72. The Bertz CT molecular complexity index is 523. The summed E-state index contributed by atoms with van der Waals surface area (Å²) in [6, 6.07) is 8.90. The maximum Gasteiger partial charge on any atom is 0.176 e. The number of aromatic nitrogens is 4. The second-order valence-electron chi connectivity index (χ2n) is 4.68. The van der Waals surface area contributed by atoms with Gasteiger partial charge in [-0.3, -0.25) is 0 Å². The van der Waals surface area contributed by atoms with E-state index in [1.54, 1.807) is 18.8 Å². The second-order valence-corrected chi connectivity index (χ2v) is 5.56. The smallest absolute Gasteiger partial charge is 0.176 e. The minimum absolute atomic E-state index is 0.232. The van der Waals surface area contributed by atoms with Crippen molar-refractivity contribution in [1.29, 1.82) is 0 Å². The number of tetrazole rings is 1. The van der Waals surface area contributed by atoms with Gasteiger partial charge in [0.15, 0.2) is 5.82 Å². The Morgan fingerprint density at radius 2 is 2.05 bits per heavy atom. The summed E-state index contributed by atoms with van der Waals surface area (Å²) in [4.78, 5) is 2.78. The molecule has 2 aromatic rings. The molecule has 0 amide bonds. The van der Waals surface area contributed by atoms with Crippen molar-refractivity contribution in [3.63, 3.8) is 0 Å². The van der Waals surface area contributed by atoms with E-state index in [0.29, 0.717) is 0 Å². The summed E-state index contributed by atoms with van der Waals surface area (Å²) in [6.45, 7) is 3.15. The van der Waals surface area contributed by atoms with Crippen molar-refractivity contribution < 1.29 is 0 Å². The van der Waals surface area contributed by atoms with Gasteiger partial charge in [0.25, 0.3) is 0 Å². The predicted molar refractivity (Wildman–Crippen MR) is 81.8 cm³/mol. The van der Waals surface area contributed by atoms with Crippen LogP contribution < -0.4 is 5.32 Å². The Balaban J connectivity index is 2.12. The third-order valence-electron chi connectivity index (χ3n) is 3.10. The molecule has 1 N–H and O–H groups in total. The Hall–Kier alpha value is -1.40. The normalized spacial score (nSPS) is 12.6. The molecule has 0 radical (unpaired) electrons. The minimum atomic E-state index is 0.232. The van der Waals surface area contributed by atoms with E-state index in [1.807, 2.05) is 0 Å². The molecule has 1 aromatic carbocycles. The molecular weight excluding hydrogens is 270 g/mol. The molecule has 0 saturated heterocycles. The summed E-state index contributed by atoms with van der Waals surface area (Å²) in [5, 5.41) is 15.8. The van der Waals surface area contributed by atoms with Crippen LogP contribution in [0.5, 0.6) is 0 Å². The molecule has 0 aliphatic rings. The average Bonchev–Trinajstić information content (AvgIpc) is 2.89. The SMILES string of the molecule is CCCNC(Cc1nnn(C)n1)c1ccc(SC)cc1. The molecule has 0 aliphatic heterocycles. The summed E-state index contributed by atoms with van der Waals surface area (Å²) in [5.74, 6) is 0.773. The Morgan fingerprint density at radius 1 is 1.30 bits per heavy atom. The van der Waals surface area contributed by atoms with Crippen LogP contribution in [0.3, 0.4) is 0 Å². The Kier molecular flexibility index (Phi) is 5.55. The van der Waals surface area contributed by atoms with Crippen LogP contribution in [0, 0.1) is 0 Å². The zero-order valence-electron chi connectivity index (χ0n) is 12.2. The lowest BCUT2D eigenvalue weighted by molar-refractivity contribution is 0.516. The monoisotopic (exact) mass is 291 g/mol. The van der Waals surface area contributed by atoms with Crippen molar-refractivity contribution in [3.05, 3.63) is 35.7 Å². The van der Waals surface area contributed by atoms with Crippen LogP contribution in [0.4, 0.5) is 0 Å². The molecule has 1 unspecified atom stereocenters. The van der Waals surface area contributed by atoms with Crippen molar-refractivity contribution in [2.75, 3.05) is 12.8 Å². The standard InChI is InChI=1S/C14H21N5S/c1-4-9-15-13(10-14-16-18-19(2)17-14)11-5-7-12(20-3)8-6-11/h5-8,13,15H,4,9-10H2,1-3H3. The van der Waals surface area contributed by atoms with Crippen molar-refractivity contribution in [1.82, 2.24) is 25.5 Å². The van der Waals surface area contributed by atoms with Crippen LogP contribution in [-0.4, -0.2) is 33.0 Å². The first kappa shape index (κ1) is 15.0. The van der Waals surface area contributed by atoms with Crippen molar-refractivity contribution >= 4 is 11.8 Å². The van der Waals surface area contributed by atoms with Crippen LogP contribution in [0.1, 0.15) is 30.8 Å². The van der Waals surface area contributed by atoms with Gasteiger partial charge in [0.1, 0.15) is 0 Å². The molecule has 6 heteroatoms. The van der Waals surface area contributed by atoms with Gasteiger partial charge in [-0.1, -0.05) is 19.1 Å². The molecule has 0 aliphatic carbocycles.